The fourth-order valence-electron chi connectivity index (χ4n) is 2.01. The number of aromatic hydroxyl groups is 1. The highest BCUT2D eigenvalue weighted by Crippen LogP contribution is 2.15. The molecule has 0 radical (unpaired) electrons. The Labute approximate surface area is 113 Å². The smallest absolute Gasteiger partial charge is 0.120 e. The minimum atomic E-state index is -0.0120. The van der Waals surface area contributed by atoms with E-state index in [2.05, 4.69) is 5.32 Å². The number of para-hydroxylation sites is 1. The van der Waals surface area contributed by atoms with Crippen LogP contribution in [-0.4, -0.2) is 22.9 Å². The molecule has 0 aliphatic rings. The summed E-state index contributed by atoms with van der Waals surface area (Å²) < 4.78 is 0. The Kier molecular flexibility index (Phi) is 4.95. The topological polar surface area (TPSA) is 52.5 Å². The van der Waals surface area contributed by atoms with Crippen molar-refractivity contribution in [3.05, 3.63) is 65.7 Å². The van der Waals surface area contributed by atoms with E-state index in [1.54, 1.807) is 12.1 Å². The first-order chi connectivity index (χ1) is 9.29. The molecular formula is C16H19NO2. The largest absolute Gasteiger partial charge is 0.508 e. The van der Waals surface area contributed by atoms with E-state index in [9.17, 15) is 10.2 Å². The lowest BCUT2D eigenvalue weighted by atomic mass is 10.1. The van der Waals surface area contributed by atoms with E-state index in [4.69, 9.17) is 0 Å². The molecule has 0 saturated heterocycles. The lowest BCUT2D eigenvalue weighted by Gasteiger charge is -2.16. The molecule has 19 heavy (non-hydrogen) atoms. The van der Waals surface area contributed by atoms with Crippen LogP contribution in [0.25, 0.3) is 0 Å². The normalized spacial score (nSPS) is 12.3. The predicted molar refractivity (Wildman–Crippen MR) is 76.0 cm³/mol. The van der Waals surface area contributed by atoms with Crippen molar-refractivity contribution in [3.63, 3.8) is 0 Å². The molecule has 0 heterocycles. The fraction of sp³-hybridized carbons (Fsp3) is 0.250. The third-order valence-electron chi connectivity index (χ3n) is 3.12. The van der Waals surface area contributed by atoms with Crippen LogP contribution in [0.4, 0.5) is 0 Å². The van der Waals surface area contributed by atoms with Gasteiger partial charge in [0.1, 0.15) is 5.75 Å². The highest BCUT2D eigenvalue weighted by atomic mass is 16.3. The molecule has 0 aliphatic heterocycles. The number of hydrogen-bond donors (Lipinski definition) is 3. The van der Waals surface area contributed by atoms with Crippen molar-refractivity contribution < 1.29 is 10.2 Å². The van der Waals surface area contributed by atoms with Crippen LogP contribution in [0.3, 0.4) is 0 Å². The lowest BCUT2D eigenvalue weighted by molar-refractivity contribution is 0.240. The van der Waals surface area contributed by atoms with Crippen molar-refractivity contribution in [2.75, 3.05) is 6.61 Å². The number of aliphatic hydroxyl groups is 1. The molecule has 0 bridgehead atoms. The average molecular weight is 257 g/mol. The maximum atomic E-state index is 9.68. The van der Waals surface area contributed by atoms with Gasteiger partial charge in [-0.15, -0.1) is 0 Å². The van der Waals surface area contributed by atoms with Gasteiger partial charge in [0.05, 0.1) is 6.61 Å². The number of phenols is 1. The van der Waals surface area contributed by atoms with Crippen molar-refractivity contribution in [3.8, 4) is 5.75 Å². The minimum absolute atomic E-state index is 0.0120. The van der Waals surface area contributed by atoms with Crippen LogP contribution in [0.5, 0.6) is 5.75 Å². The van der Waals surface area contributed by atoms with Gasteiger partial charge in [0.25, 0.3) is 0 Å². The molecule has 0 spiro atoms. The summed E-state index contributed by atoms with van der Waals surface area (Å²) in [6.45, 7) is 0.618. The van der Waals surface area contributed by atoms with E-state index in [1.165, 1.54) is 5.56 Å². The maximum Gasteiger partial charge on any atom is 0.120 e. The molecule has 0 aliphatic carbocycles. The van der Waals surface area contributed by atoms with Crippen LogP contribution in [0, 0.1) is 0 Å². The monoisotopic (exact) mass is 257 g/mol. The quantitative estimate of drug-likeness (QED) is 0.742. The van der Waals surface area contributed by atoms with E-state index in [-0.39, 0.29) is 18.4 Å². The minimum Gasteiger partial charge on any atom is -0.508 e. The number of phenolic OH excluding ortho intramolecular Hbond substituents is 1. The van der Waals surface area contributed by atoms with E-state index in [1.807, 2.05) is 42.5 Å². The molecule has 2 rings (SSSR count). The molecule has 0 aromatic heterocycles. The summed E-state index contributed by atoms with van der Waals surface area (Å²) in [5.41, 5.74) is 2.03. The first kappa shape index (κ1) is 13.6. The van der Waals surface area contributed by atoms with Gasteiger partial charge >= 0.3 is 0 Å². The Morgan fingerprint density at radius 1 is 0.947 bits per heavy atom. The Morgan fingerprint density at radius 3 is 2.32 bits per heavy atom. The van der Waals surface area contributed by atoms with Gasteiger partial charge in [-0.25, -0.2) is 0 Å². The molecule has 3 heteroatoms. The van der Waals surface area contributed by atoms with Crippen LogP contribution in [0.1, 0.15) is 11.1 Å². The highest BCUT2D eigenvalue weighted by Gasteiger charge is 2.08. The van der Waals surface area contributed by atoms with Crippen LogP contribution in [0.15, 0.2) is 54.6 Å². The molecule has 0 saturated carbocycles. The number of aliphatic hydroxyl groups excluding tert-OH is 1. The second-order valence-electron chi connectivity index (χ2n) is 4.58. The molecule has 3 nitrogen and oxygen atoms in total. The van der Waals surface area contributed by atoms with Crippen molar-refractivity contribution in [1.82, 2.24) is 5.32 Å². The summed E-state index contributed by atoms with van der Waals surface area (Å²) in [6.07, 6.45) is 0.769. The van der Waals surface area contributed by atoms with Gasteiger partial charge in [0, 0.05) is 18.2 Å². The Hall–Kier alpha value is -1.84. The first-order valence-electron chi connectivity index (χ1n) is 6.44. The van der Waals surface area contributed by atoms with Gasteiger partial charge in [-0.2, -0.15) is 0 Å². The van der Waals surface area contributed by atoms with Crippen LogP contribution < -0.4 is 5.32 Å². The van der Waals surface area contributed by atoms with Crippen molar-refractivity contribution in [1.29, 1.82) is 0 Å². The summed E-state index contributed by atoms with van der Waals surface area (Å²) >= 11 is 0. The Bertz CT molecular complexity index is 499. The zero-order valence-corrected chi connectivity index (χ0v) is 10.8. The predicted octanol–water partition coefficient (Wildman–Crippen LogP) is 2.09. The maximum absolute atomic E-state index is 9.68. The fourth-order valence-corrected chi connectivity index (χ4v) is 2.01. The molecular weight excluding hydrogens is 238 g/mol. The van der Waals surface area contributed by atoms with Gasteiger partial charge in [-0.05, 0) is 18.1 Å². The molecule has 100 valence electrons. The average Bonchev–Trinajstić information content (AvgIpc) is 2.46. The van der Waals surface area contributed by atoms with Gasteiger partial charge in [-0.1, -0.05) is 48.5 Å². The van der Waals surface area contributed by atoms with Crippen molar-refractivity contribution in [2.45, 2.75) is 19.0 Å². The Balaban J connectivity index is 1.91. The summed E-state index contributed by atoms with van der Waals surface area (Å²) in [5.74, 6) is 0.284. The van der Waals surface area contributed by atoms with Crippen LogP contribution in [0.2, 0.25) is 0 Å². The van der Waals surface area contributed by atoms with E-state index in [0.29, 0.717) is 6.54 Å². The molecule has 0 fully saturated rings. The van der Waals surface area contributed by atoms with E-state index in [0.717, 1.165) is 12.0 Å². The summed E-state index contributed by atoms with van der Waals surface area (Å²) in [5, 5.41) is 22.4. The molecule has 3 N–H and O–H groups in total. The summed E-state index contributed by atoms with van der Waals surface area (Å²) in [6, 6.07) is 17.3. The van der Waals surface area contributed by atoms with Crippen LogP contribution >= 0.6 is 0 Å². The number of hydrogen-bond acceptors (Lipinski definition) is 3. The van der Waals surface area contributed by atoms with Gasteiger partial charge < -0.3 is 15.5 Å². The van der Waals surface area contributed by atoms with Gasteiger partial charge in [-0.3, -0.25) is 0 Å². The molecule has 1 atom stereocenters. The Morgan fingerprint density at radius 2 is 1.63 bits per heavy atom. The zero-order chi connectivity index (χ0) is 13.5. The lowest BCUT2D eigenvalue weighted by Crippen LogP contribution is -2.34. The standard InChI is InChI=1S/C16H19NO2/c18-12-15(10-13-6-2-1-3-7-13)17-11-14-8-4-5-9-16(14)19/h1-9,15,17-19H,10-12H2. The second-order valence-corrected chi connectivity index (χ2v) is 4.58. The number of nitrogens with one attached hydrogen (secondary N) is 1. The van der Waals surface area contributed by atoms with Crippen LogP contribution in [-0.2, 0) is 13.0 Å². The second kappa shape index (κ2) is 6.92. The zero-order valence-electron chi connectivity index (χ0n) is 10.8. The summed E-state index contributed by atoms with van der Waals surface area (Å²) in [4.78, 5) is 0. The van der Waals surface area contributed by atoms with E-state index < -0.39 is 0 Å². The molecule has 0 amide bonds. The summed E-state index contributed by atoms with van der Waals surface area (Å²) in [7, 11) is 0. The third kappa shape index (κ3) is 4.09. The van der Waals surface area contributed by atoms with Crippen molar-refractivity contribution >= 4 is 0 Å². The highest BCUT2D eigenvalue weighted by molar-refractivity contribution is 5.31. The number of rotatable bonds is 6. The third-order valence-corrected chi connectivity index (χ3v) is 3.12. The van der Waals surface area contributed by atoms with Crippen molar-refractivity contribution in [2.24, 2.45) is 0 Å². The van der Waals surface area contributed by atoms with Gasteiger partial charge in [0.15, 0.2) is 0 Å². The SMILES string of the molecule is OCC(Cc1ccccc1)NCc1ccccc1O. The number of benzene rings is 2. The molecule has 1 unspecified atom stereocenters. The molecule has 2 aromatic carbocycles. The first-order valence-corrected chi connectivity index (χ1v) is 6.44. The van der Waals surface area contributed by atoms with E-state index >= 15 is 0 Å². The molecule has 2 aromatic rings. The van der Waals surface area contributed by atoms with Gasteiger partial charge in [0.2, 0.25) is 0 Å².